The van der Waals surface area contributed by atoms with Gasteiger partial charge in [0.2, 0.25) is 0 Å². The van der Waals surface area contributed by atoms with Gasteiger partial charge in [0.05, 0.1) is 50.6 Å². The zero-order valence-electron chi connectivity index (χ0n) is 22.8. The first-order valence-corrected chi connectivity index (χ1v) is 13.0. The van der Waals surface area contributed by atoms with Gasteiger partial charge in [-0.05, 0) is 25.7 Å². The zero-order chi connectivity index (χ0) is 27.1. The molecule has 4 atom stereocenters. The van der Waals surface area contributed by atoms with Gasteiger partial charge in [0, 0.05) is 26.1 Å². The monoisotopic (exact) mass is 514 g/mol. The van der Waals surface area contributed by atoms with Crippen molar-refractivity contribution < 1.29 is 38.1 Å². The van der Waals surface area contributed by atoms with Crippen LogP contribution in [0.3, 0.4) is 0 Å². The molecule has 2 saturated heterocycles. The Bertz CT molecular complexity index is 639. The minimum Gasteiger partial charge on any atom is -0.379 e. The standard InChI is InChI=1S/2C13H23NO4/c2*1-4-17-7-11-5-10(15)6-14-13(9(2)3)12(16)8-18-11/h2*9,11,13-14H,4-8H2,1-3H3/t2*11-,13-/m00/s1. The summed E-state index contributed by atoms with van der Waals surface area (Å²) in [5, 5.41) is 6.03. The Balaban J connectivity index is 0.000000360. The second kappa shape index (κ2) is 17.8. The fourth-order valence-corrected chi connectivity index (χ4v) is 3.95. The summed E-state index contributed by atoms with van der Waals surface area (Å²) in [6.07, 6.45) is -0.0286. The summed E-state index contributed by atoms with van der Waals surface area (Å²) in [7, 11) is 0. The highest BCUT2D eigenvalue weighted by Crippen LogP contribution is 2.10. The molecule has 0 spiro atoms. The molecule has 10 nitrogen and oxygen atoms in total. The maximum absolute atomic E-state index is 11.9. The van der Waals surface area contributed by atoms with Crippen LogP contribution in [0, 0.1) is 11.8 Å². The van der Waals surface area contributed by atoms with Crippen molar-refractivity contribution in [2.24, 2.45) is 11.8 Å². The number of nitrogens with one attached hydrogen (secondary N) is 2. The minimum atomic E-state index is -0.311. The van der Waals surface area contributed by atoms with Gasteiger partial charge in [-0.15, -0.1) is 0 Å². The van der Waals surface area contributed by atoms with Crippen molar-refractivity contribution in [3.8, 4) is 0 Å². The second-order valence-corrected chi connectivity index (χ2v) is 9.81. The molecule has 2 rings (SSSR count). The highest BCUT2D eigenvalue weighted by molar-refractivity contribution is 5.88. The molecular weight excluding hydrogens is 468 g/mol. The predicted molar refractivity (Wildman–Crippen MR) is 135 cm³/mol. The molecular formula is C26H46N2O8. The van der Waals surface area contributed by atoms with Gasteiger partial charge < -0.3 is 29.6 Å². The number of Topliss-reactive ketones (excluding diaryl/α,β-unsaturated/α-hetero) is 4. The molecule has 0 unspecified atom stereocenters. The van der Waals surface area contributed by atoms with E-state index in [2.05, 4.69) is 10.6 Å². The highest BCUT2D eigenvalue weighted by Gasteiger charge is 2.28. The van der Waals surface area contributed by atoms with Crippen molar-refractivity contribution in [3.05, 3.63) is 0 Å². The first kappa shape index (κ1) is 32.5. The largest absolute Gasteiger partial charge is 0.379 e. The molecule has 2 N–H and O–H groups in total. The lowest BCUT2D eigenvalue weighted by Crippen LogP contribution is -2.44. The Labute approximate surface area is 215 Å². The van der Waals surface area contributed by atoms with Gasteiger partial charge in [-0.2, -0.15) is 0 Å². The van der Waals surface area contributed by atoms with Gasteiger partial charge in [-0.25, -0.2) is 0 Å². The number of carbonyl (C=O) groups is 4. The average molecular weight is 515 g/mol. The number of hydrogen-bond donors (Lipinski definition) is 2. The van der Waals surface area contributed by atoms with Crippen LogP contribution in [-0.2, 0) is 38.1 Å². The van der Waals surface area contributed by atoms with Crippen molar-refractivity contribution in [1.82, 2.24) is 10.6 Å². The summed E-state index contributed by atoms with van der Waals surface area (Å²) >= 11 is 0. The topological polar surface area (TPSA) is 129 Å². The molecule has 0 aromatic heterocycles. The van der Waals surface area contributed by atoms with E-state index in [1.807, 2.05) is 41.5 Å². The number of ether oxygens (including phenoxy) is 4. The average Bonchev–Trinajstić information content (AvgIpc) is 2.93. The van der Waals surface area contributed by atoms with Crippen molar-refractivity contribution in [1.29, 1.82) is 0 Å². The third-order valence-corrected chi connectivity index (χ3v) is 5.91. The van der Waals surface area contributed by atoms with E-state index in [9.17, 15) is 19.2 Å². The van der Waals surface area contributed by atoms with Gasteiger partial charge in [-0.3, -0.25) is 19.2 Å². The van der Waals surface area contributed by atoms with Gasteiger partial charge in [-0.1, -0.05) is 27.7 Å². The summed E-state index contributed by atoms with van der Waals surface area (Å²) < 4.78 is 21.5. The van der Waals surface area contributed by atoms with E-state index >= 15 is 0 Å². The first-order valence-electron chi connectivity index (χ1n) is 13.0. The third-order valence-electron chi connectivity index (χ3n) is 5.91. The first-order chi connectivity index (χ1) is 17.1. The molecule has 2 fully saturated rings. The molecule has 0 saturated carbocycles. The van der Waals surface area contributed by atoms with Gasteiger partial charge in [0.25, 0.3) is 0 Å². The molecule has 2 aliphatic heterocycles. The molecule has 0 amide bonds. The highest BCUT2D eigenvalue weighted by atomic mass is 16.5. The van der Waals surface area contributed by atoms with E-state index in [4.69, 9.17) is 18.9 Å². The molecule has 0 aromatic carbocycles. The molecule has 0 aromatic rings. The molecule has 0 aliphatic carbocycles. The maximum atomic E-state index is 11.9. The number of hydrogen-bond acceptors (Lipinski definition) is 10. The molecule has 208 valence electrons. The van der Waals surface area contributed by atoms with Crippen LogP contribution in [0.15, 0.2) is 0 Å². The molecule has 2 heterocycles. The van der Waals surface area contributed by atoms with Crippen LogP contribution < -0.4 is 10.6 Å². The lowest BCUT2D eigenvalue weighted by atomic mass is 10.0. The fourth-order valence-electron chi connectivity index (χ4n) is 3.95. The van der Waals surface area contributed by atoms with Crippen molar-refractivity contribution >= 4 is 23.1 Å². The lowest BCUT2D eigenvalue weighted by molar-refractivity contribution is -0.131. The third kappa shape index (κ3) is 12.6. The van der Waals surface area contributed by atoms with E-state index in [1.54, 1.807) is 0 Å². The minimum absolute atomic E-state index is 0.00111. The Morgan fingerprint density at radius 2 is 1.08 bits per heavy atom. The fraction of sp³-hybridized carbons (Fsp3) is 0.846. The molecule has 0 bridgehead atoms. The van der Waals surface area contributed by atoms with E-state index in [0.717, 1.165) is 0 Å². The van der Waals surface area contributed by atoms with Crippen LogP contribution in [0.25, 0.3) is 0 Å². The Morgan fingerprint density at radius 1 is 0.722 bits per heavy atom. The summed E-state index contributed by atoms with van der Waals surface area (Å²) in [5.74, 6) is 0.414. The quantitative estimate of drug-likeness (QED) is 0.486. The van der Waals surface area contributed by atoms with E-state index in [0.29, 0.717) is 39.3 Å². The van der Waals surface area contributed by atoms with Crippen molar-refractivity contribution in [2.75, 3.05) is 52.7 Å². The Kier molecular flexibility index (Phi) is 16.1. The summed E-state index contributed by atoms with van der Waals surface area (Å²) in [6, 6.07) is -0.611. The molecule has 0 radical (unpaired) electrons. The molecule has 36 heavy (non-hydrogen) atoms. The van der Waals surface area contributed by atoms with Crippen molar-refractivity contribution in [3.63, 3.8) is 0 Å². The van der Waals surface area contributed by atoms with Crippen LogP contribution in [0.2, 0.25) is 0 Å². The number of ketones is 4. The van der Waals surface area contributed by atoms with Crippen LogP contribution in [0.5, 0.6) is 0 Å². The Hall–Kier alpha value is -1.56. The van der Waals surface area contributed by atoms with Gasteiger partial charge >= 0.3 is 0 Å². The lowest BCUT2D eigenvalue weighted by Gasteiger charge is -2.19. The van der Waals surface area contributed by atoms with Crippen LogP contribution in [0.1, 0.15) is 54.4 Å². The smallest absolute Gasteiger partial charge is 0.175 e. The predicted octanol–water partition coefficient (Wildman–Crippen LogP) is 1.13. The van der Waals surface area contributed by atoms with E-state index in [-0.39, 0.29) is 85.6 Å². The van der Waals surface area contributed by atoms with Crippen LogP contribution in [0.4, 0.5) is 0 Å². The Morgan fingerprint density at radius 3 is 1.39 bits per heavy atom. The zero-order valence-corrected chi connectivity index (χ0v) is 22.8. The van der Waals surface area contributed by atoms with Gasteiger partial charge in [0.1, 0.15) is 24.8 Å². The van der Waals surface area contributed by atoms with Crippen molar-refractivity contribution in [2.45, 2.75) is 78.7 Å². The van der Waals surface area contributed by atoms with Gasteiger partial charge in [0.15, 0.2) is 11.6 Å². The van der Waals surface area contributed by atoms with Crippen LogP contribution >= 0.6 is 0 Å². The normalized spacial score (nSPS) is 26.9. The number of rotatable bonds is 8. The summed E-state index contributed by atoms with van der Waals surface area (Å²) in [6.45, 7) is 14.0. The SMILES string of the molecule is CCOC[C@@H]1CC(=O)CN[C@@H](C(C)C)C(=O)CO1.CCOC[C@@H]1CC(=O)CN[C@@H](C(C)C)C(=O)CO1. The van der Waals surface area contributed by atoms with E-state index in [1.165, 1.54) is 0 Å². The maximum Gasteiger partial charge on any atom is 0.175 e. The van der Waals surface area contributed by atoms with E-state index < -0.39 is 0 Å². The second-order valence-electron chi connectivity index (χ2n) is 9.81. The summed E-state index contributed by atoms with van der Waals surface area (Å²) in [5.41, 5.74) is 0. The van der Waals surface area contributed by atoms with Crippen LogP contribution in [-0.4, -0.2) is 100 Å². The molecule has 2 aliphatic rings. The summed E-state index contributed by atoms with van der Waals surface area (Å²) in [4.78, 5) is 47.4. The number of carbonyl (C=O) groups excluding carboxylic acids is 4. The molecule has 10 heteroatoms.